The SMILES string of the molecule is Cc1nn(-c2ccccc2)c2c1C(C(C)C)N(C1CCN(C(=O)c3ccc(Cl)nc3)C1)C2=O. The summed E-state index contributed by atoms with van der Waals surface area (Å²) in [7, 11) is 0. The first kappa shape index (κ1) is 21.6. The van der Waals surface area contributed by atoms with E-state index in [-0.39, 0.29) is 29.8 Å². The molecule has 2 atom stereocenters. The van der Waals surface area contributed by atoms with Crippen LogP contribution in [0.25, 0.3) is 5.69 Å². The van der Waals surface area contributed by atoms with E-state index in [1.165, 1.54) is 6.20 Å². The number of aryl methyl sites for hydroxylation is 1. The number of nitrogens with zero attached hydrogens (tertiary/aromatic N) is 5. The van der Waals surface area contributed by atoms with Crippen LogP contribution in [0.1, 0.15) is 58.4 Å². The van der Waals surface area contributed by atoms with Gasteiger partial charge in [-0.05, 0) is 43.5 Å². The zero-order valence-corrected chi connectivity index (χ0v) is 19.7. The Morgan fingerprint density at radius 2 is 1.91 bits per heavy atom. The number of fused-ring (bicyclic) bond motifs is 1. The van der Waals surface area contributed by atoms with Gasteiger partial charge in [0.1, 0.15) is 10.8 Å². The number of pyridine rings is 1. The van der Waals surface area contributed by atoms with Crippen LogP contribution in [0.4, 0.5) is 0 Å². The molecule has 2 aliphatic heterocycles. The molecular formula is C25H26ClN5O2. The van der Waals surface area contributed by atoms with Gasteiger partial charge in [-0.2, -0.15) is 5.10 Å². The van der Waals surface area contributed by atoms with Crippen LogP contribution in [-0.4, -0.2) is 55.5 Å². The number of rotatable bonds is 4. The monoisotopic (exact) mass is 463 g/mol. The van der Waals surface area contributed by atoms with E-state index in [2.05, 4.69) is 18.8 Å². The fourth-order valence-corrected chi connectivity index (χ4v) is 5.24. The van der Waals surface area contributed by atoms with Gasteiger partial charge in [-0.3, -0.25) is 9.59 Å². The maximum absolute atomic E-state index is 13.8. The van der Waals surface area contributed by atoms with Gasteiger partial charge in [0.05, 0.1) is 29.0 Å². The van der Waals surface area contributed by atoms with E-state index in [0.717, 1.165) is 23.4 Å². The zero-order chi connectivity index (χ0) is 23.3. The highest BCUT2D eigenvalue weighted by Crippen LogP contribution is 2.43. The molecule has 2 aromatic heterocycles. The van der Waals surface area contributed by atoms with Crippen molar-refractivity contribution in [2.45, 2.75) is 39.3 Å². The lowest BCUT2D eigenvalue weighted by Gasteiger charge is -2.33. The third-order valence-corrected chi connectivity index (χ3v) is 6.81. The number of hydrogen-bond acceptors (Lipinski definition) is 4. The van der Waals surface area contributed by atoms with Crippen LogP contribution in [0, 0.1) is 12.8 Å². The van der Waals surface area contributed by atoms with Crippen LogP contribution in [-0.2, 0) is 0 Å². The molecule has 5 rings (SSSR count). The molecule has 1 fully saturated rings. The number of likely N-dealkylation sites (tertiary alicyclic amines) is 1. The summed E-state index contributed by atoms with van der Waals surface area (Å²) in [5.41, 5.74) is 3.90. The third-order valence-electron chi connectivity index (χ3n) is 6.59. The molecule has 0 bridgehead atoms. The number of aromatic nitrogens is 3. The molecule has 0 aliphatic carbocycles. The van der Waals surface area contributed by atoms with Crippen LogP contribution in [0.2, 0.25) is 5.15 Å². The molecule has 7 nitrogen and oxygen atoms in total. The molecule has 1 saturated heterocycles. The molecular weight excluding hydrogens is 438 g/mol. The number of benzene rings is 1. The quantitative estimate of drug-likeness (QED) is 0.541. The molecule has 2 aliphatic rings. The second-order valence-electron chi connectivity index (χ2n) is 9.06. The lowest BCUT2D eigenvalue weighted by Crippen LogP contribution is -2.43. The van der Waals surface area contributed by atoms with Crippen molar-refractivity contribution in [3.8, 4) is 5.69 Å². The van der Waals surface area contributed by atoms with Crippen LogP contribution in [0.3, 0.4) is 0 Å². The largest absolute Gasteiger partial charge is 0.336 e. The van der Waals surface area contributed by atoms with Crippen molar-refractivity contribution in [3.05, 3.63) is 76.3 Å². The highest BCUT2D eigenvalue weighted by atomic mass is 35.5. The van der Waals surface area contributed by atoms with Gasteiger partial charge < -0.3 is 9.80 Å². The van der Waals surface area contributed by atoms with Gasteiger partial charge in [-0.15, -0.1) is 0 Å². The van der Waals surface area contributed by atoms with Crippen molar-refractivity contribution >= 4 is 23.4 Å². The van der Waals surface area contributed by atoms with E-state index >= 15 is 0 Å². The summed E-state index contributed by atoms with van der Waals surface area (Å²) in [6.07, 6.45) is 2.24. The number of halogens is 1. The zero-order valence-electron chi connectivity index (χ0n) is 18.9. The van der Waals surface area contributed by atoms with E-state index in [0.29, 0.717) is 29.5 Å². The van der Waals surface area contributed by atoms with E-state index in [4.69, 9.17) is 16.7 Å². The maximum Gasteiger partial charge on any atom is 0.273 e. The van der Waals surface area contributed by atoms with Crippen LogP contribution < -0.4 is 0 Å². The fourth-order valence-electron chi connectivity index (χ4n) is 5.13. The second kappa shape index (κ2) is 8.30. The summed E-state index contributed by atoms with van der Waals surface area (Å²) >= 11 is 5.86. The van der Waals surface area contributed by atoms with Crippen molar-refractivity contribution in [1.29, 1.82) is 0 Å². The molecule has 170 valence electrons. The van der Waals surface area contributed by atoms with Crippen molar-refractivity contribution < 1.29 is 9.59 Å². The van der Waals surface area contributed by atoms with Gasteiger partial charge in [0.15, 0.2) is 0 Å². The van der Waals surface area contributed by atoms with Gasteiger partial charge in [0.2, 0.25) is 0 Å². The molecule has 2 amide bonds. The van der Waals surface area contributed by atoms with Crippen molar-refractivity contribution in [2.24, 2.45) is 5.92 Å². The lowest BCUT2D eigenvalue weighted by molar-refractivity contribution is 0.0549. The van der Waals surface area contributed by atoms with Crippen molar-refractivity contribution in [2.75, 3.05) is 13.1 Å². The lowest BCUT2D eigenvalue weighted by atomic mass is 9.95. The Hall–Kier alpha value is -3.19. The average Bonchev–Trinajstić information content (AvgIpc) is 3.49. The molecule has 0 spiro atoms. The topological polar surface area (TPSA) is 71.3 Å². The molecule has 1 aromatic carbocycles. The number of hydrogen-bond donors (Lipinski definition) is 0. The van der Waals surface area contributed by atoms with Crippen LogP contribution in [0.15, 0.2) is 48.7 Å². The first-order chi connectivity index (χ1) is 15.9. The van der Waals surface area contributed by atoms with E-state index in [9.17, 15) is 9.59 Å². The first-order valence-corrected chi connectivity index (χ1v) is 11.6. The predicted octanol–water partition coefficient (Wildman–Crippen LogP) is 4.30. The van der Waals surface area contributed by atoms with Gasteiger partial charge in [0, 0.05) is 24.8 Å². The highest BCUT2D eigenvalue weighted by Gasteiger charge is 2.48. The van der Waals surface area contributed by atoms with E-state index < -0.39 is 0 Å². The summed E-state index contributed by atoms with van der Waals surface area (Å²) in [5, 5.41) is 5.08. The fraction of sp³-hybridized carbons (Fsp3) is 0.360. The normalized spacial score (nSPS) is 20.1. The minimum atomic E-state index is -0.0847. The Morgan fingerprint density at radius 1 is 1.15 bits per heavy atom. The minimum absolute atomic E-state index is 0.0133. The molecule has 2 unspecified atom stereocenters. The van der Waals surface area contributed by atoms with Gasteiger partial charge >= 0.3 is 0 Å². The smallest absolute Gasteiger partial charge is 0.273 e. The van der Waals surface area contributed by atoms with Crippen molar-refractivity contribution in [1.82, 2.24) is 24.6 Å². The minimum Gasteiger partial charge on any atom is -0.336 e. The molecule has 0 saturated carbocycles. The standard InChI is InChI=1S/C25H26ClN5O2/c1-15(2)22-21-16(3)28-31(18-7-5-4-6-8-18)23(21)25(33)30(22)19-11-12-29(14-19)24(32)17-9-10-20(26)27-13-17/h4-10,13,15,19,22H,11-12,14H2,1-3H3. The Morgan fingerprint density at radius 3 is 2.58 bits per heavy atom. The summed E-state index contributed by atoms with van der Waals surface area (Å²) < 4.78 is 1.78. The number of carbonyl (C=O) groups excluding carboxylic acids is 2. The van der Waals surface area contributed by atoms with E-state index in [1.807, 2.05) is 42.2 Å². The summed E-state index contributed by atoms with van der Waals surface area (Å²) in [6, 6.07) is 13.0. The summed E-state index contributed by atoms with van der Waals surface area (Å²) in [5.74, 6) is 0.117. The highest BCUT2D eigenvalue weighted by molar-refractivity contribution is 6.29. The van der Waals surface area contributed by atoms with Crippen LogP contribution in [0.5, 0.6) is 0 Å². The van der Waals surface area contributed by atoms with Gasteiger partial charge in [-0.25, -0.2) is 9.67 Å². The first-order valence-electron chi connectivity index (χ1n) is 11.2. The molecule has 0 radical (unpaired) electrons. The molecule has 4 heterocycles. The Labute approximate surface area is 198 Å². The Bertz CT molecular complexity index is 1210. The van der Waals surface area contributed by atoms with Crippen LogP contribution >= 0.6 is 11.6 Å². The average molecular weight is 464 g/mol. The molecule has 0 N–H and O–H groups in total. The van der Waals surface area contributed by atoms with Gasteiger partial charge in [-0.1, -0.05) is 43.6 Å². The number of para-hydroxylation sites is 1. The summed E-state index contributed by atoms with van der Waals surface area (Å²) in [4.78, 5) is 34.7. The third kappa shape index (κ3) is 3.60. The van der Waals surface area contributed by atoms with Gasteiger partial charge in [0.25, 0.3) is 11.8 Å². The maximum atomic E-state index is 13.8. The Kier molecular flexibility index (Phi) is 5.44. The molecule has 33 heavy (non-hydrogen) atoms. The van der Waals surface area contributed by atoms with E-state index in [1.54, 1.807) is 21.7 Å². The number of amides is 2. The predicted molar refractivity (Wildman–Crippen MR) is 126 cm³/mol. The summed E-state index contributed by atoms with van der Waals surface area (Å²) in [6.45, 7) is 7.34. The Balaban J connectivity index is 1.45. The molecule has 8 heteroatoms. The molecule has 3 aromatic rings. The van der Waals surface area contributed by atoms with Crippen molar-refractivity contribution in [3.63, 3.8) is 0 Å². The number of carbonyl (C=O) groups is 2. The second-order valence-corrected chi connectivity index (χ2v) is 9.45.